The van der Waals surface area contributed by atoms with Crippen LogP contribution in [0.3, 0.4) is 0 Å². The van der Waals surface area contributed by atoms with Gasteiger partial charge in [-0.2, -0.15) is 5.10 Å². The molecule has 3 aromatic rings. The summed E-state index contributed by atoms with van der Waals surface area (Å²) in [6.07, 6.45) is 7.28. The Kier molecular flexibility index (Phi) is 4.59. The smallest absolute Gasteiger partial charge is 0.278 e. The van der Waals surface area contributed by atoms with Crippen molar-refractivity contribution in [2.24, 2.45) is 4.99 Å². The van der Waals surface area contributed by atoms with Gasteiger partial charge in [0.2, 0.25) is 0 Å². The van der Waals surface area contributed by atoms with E-state index in [0.29, 0.717) is 5.56 Å². The van der Waals surface area contributed by atoms with Crippen LogP contribution in [-0.4, -0.2) is 28.9 Å². The first-order valence-corrected chi connectivity index (χ1v) is 7.98. The van der Waals surface area contributed by atoms with Crippen molar-refractivity contribution in [3.8, 4) is 0 Å². The van der Waals surface area contributed by atoms with Crippen LogP contribution in [0.2, 0.25) is 0 Å². The van der Waals surface area contributed by atoms with Crippen molar-refractivity contribution in [3.05, 3.63) is 75.7 Å². The molecule has 0 N–H and O–H groups in total. The molecule has 0 atom stereocenters. The van der Waals surface area contributed by atoms with Crippen molar-refractivity contribution < 1.29 is 4.79 Å². The maximum atomic E-state index is 12.5. The maximum absolute atomic E-state index is 12.5. The molecule has 0 fully saturated rings. The summed E-state index contributed by atoms with van der Waals surface area (Å²) in [6.45, 7) is 0. The fraction of sp³-hybridized carbons (Fsp3) is 0.0556. The standard InChI is InChI=1S/C18H15N3OS/c1-19-13-14-4-2-5-15(12-14)18(22)21-10-9-16(20-21)7-8-17-6-3-11-23-17/h2-13H,1H3/b8-7+,19-13?. The third-order valence-corrected chi connectivity index (χ3v) is 4.03. The Balaban J connectivity index is 1.79. The molecule has 0 aliphatic heterocycles. The fourth-order valence-corrected chi connectivity index (χ4v) is 2.75. The molecule has 23 heavy (non-hydrogen) atoms. The Morgan fingerprint density at radius 2 is 2.13 bits per heavy atom. The topological polar surface area (TPSA) is 47.2 Å². The quantitative estimate of drug-likeness (QED) is 0.685. The van der Waals surface area contributed by atoms with Crippen LogP contribution in [0.4, 0.5) is 0 Å². The van der Waals surface area contributed by atoms with Crippen molar-refractivity contribution >= 4 is 35.6 Å². The minimum absolute atomic E-state index is 0.160. The van der Waals surface area contributed by atoms with Crippen LogP contribution in [0.5, 0.6) is 0 Å². The van der Waals surface area contributed by atoms with Gasteiger partial charge in [-0.3, -0.25) is 9.79 Å². The molecule has 3 rings (SSSR count). The molecule has 4 nitrogen and oxygen atoms in total. The van der Waals surface area contributed by atoms with Gasteiger partial charge in [-0.1, -0.05) is 18.2 Å². The Labute approximate surface area is 138 Å². The van der Waals surface area contributed by atoms with E-state index in [2.05, 4.69) is 10.1 Å². The Morgan fingerprint density at radius 1 is 1.22 bits per heavy atom. The second-order valence-electron chi connectivity index (χ2n) is 4.85. The molecule has 0 amide bonds. The van der Waals surface area contributed by atoms with Crippen molar-refractivity contribution in [1.82, 2.24) is 9.78 Å². The molecule has 0 saturated carbocycles. The summed E-state index contributed by atoms with van der Waals surface area (Å²) >= 11 is 1.66. The number of nitrogens with zero attached hydrogens (tertiary/aromatic N) is 3. The van der Waals surface area contributed by atoms with E-state index in [9.17, 15) is 4.79 Å². The van der Waals surface area contributed by atoms with Gasteiger partial charge < -0.3 is 0 Å². The third kappa shape index (κ3) is 3.70. The molecule has 1 aromatic carbocycles. The molecule has 0 unspecified atom stereocenters. The van der Waals surface area contributed by atoms with Crippen LogP contribution in [0.1, 0.15) is 26.5 Å². The number of benzene rings is 1. The highest BCUT2D eigenvalue weighted by Crippen LogP contribution is 2.13. The lowest BCUT2D eigenvalue weighted by atomic mass is 10.1. The summed E-state index contributed by atoms with van der Waals surface area (Å²) in [7, 11) is 1.70. The molecule has 0 aliphatic carbocycles. The predicted octanol–water partition coefficient (Wildman–Crippen LogP) is 3.85. The first-order valence-electron chi connectivity index (χ1n) is 7.10. The van der Waals surface area contributed by atoms with Gasteiger partial charge >= 0.3 is 0 Å². The summed E-state index contributed by atoms with van der Waals surface area (Å²) in [5.41, 5.74) is 2.22. The average Bonchev–Trinajstić information content (AvgIpc) is 3.24. The number of aromatic nitrogens is 2. The van der Waals surface area contributed by atoms with Crippen LogP contribution in [0.25, 0.3) is 12.2 Å². The van der Waals surface area contributed by atoms with E-state index in [0.717, 1.165) is 16.1 Å². The Hall–Kier alpha value is -2.79. The number of hydrogen-bond donors (Lipinski definition) is 0. The van der Waals surface area contributed by atoms with E-state index in [1.807, 2.05) is 47.9 Å². The lowest BCUT2D eigenvalue weighted by Gasteiger charge is -2.01. The van der Waals surface area contributed by atoms with Gasteiger partial charge in [-0.15, -0.1) is 11.3 Å². The van der Waals surface area contributed by atoms with Crippen LogP contribution in [-0.2, 0) is 0 Å². The maximum Gasteiger partial charge on any atom is 0.278 e. The van der Waals surface area contributed by atoms with Gasteiger partial charge in [0.1, 0.15) is 0 Å². The van der Waals surface area contributed by atoms with Gasteiger partial charge in [-0.25, -0.2) is 4.68 Å². The number of rotatable bonds is 4. The highest BCUT2D eigenvalue weighted by Gasteiger charge is 2.09. The highest BCUT2D eigenvalue weighted by molar-refractivity contribution is 7.10. The Morgan fingerprint density at radius 3 is 2.91 bits per heavy atom. The number of thiophene rings is 1. The van der Waals surface area contributed by atoms with Crippen molar-refractivity contribution in [3.63, 3.8) is 0 Å². The SMILES string of the molecule is CN=Cc1cccc(C(=O)n2ccc(/C=C/c3cccs3)n2)c1. The first kappa shape index (κ1) is 15.1. The molecular formula is C18H15N3OS. The lowest BCUT2D eigenvalue weighted by Crippen LogP contribution is -2.12. The fourth-order valence-electron chi connectivity index (χ4n) is 2.13. The predicted molar refractivity (Wildman–Crippen MR) is 95.2 cm³/mol. The van der Waals surface area contributed by atoms with Gasteiger partial charge in [0.05, 0.1) is 5.69 Å². The van der Waals surface area contributed by atoms with E-state index in [4.69, 9.17) is 0 Å². The van der Waals surface area contributed by atoms with Gasteiger partial charge in [0.15, 0.2) is 0 Å². The van der Waals surface area contributed by atoms with E-state index in [1.165, 1.54) is 4.68 Å². The summed E-state index contributed by atoms with van der Waals surface area (Å²) in [4.78, 5) is 17.6. The van der Waals surface area contributed by atoms with Crippen molar-refractivity contribution in [2.75, 3.05) is 7.05 Å². The zero-order chi connectivity index (χ0) is 16.1. The average molecular weight is 321 g/mol. The van der Waals surface area contributed by atoms with Gasteiger partial charge in [0, 0.05) is 29.9 Å². The first-order chi connectivity index (χ1) is 11.3. The third-order valence-electron chi connectivity index (χ3n) is 3.19. The van der Waals surface area contributed by atoms with E-state index in [-0.39, 0.29) is 5.91 Å². The molecular weight excluding hydrogens is 306 g/mol. The Bertz CT molecular complexity index is 860. The molecule has 0 saturated heterocycles. The zero-order valence-electron chi connectivity index (χ0n) is 12.6. The number of carbonyl (C=O) groups excluding carboxylic acids is 1. The zero-order valence-corrected chi connectivity index (χ0v) is 13.4. The van der Waals surface area contributed by atoms with Gasteiger partial charge in [0.25, 0.3) is 5.91 Å². The van der Waals surface area contributed by atoms with E-state index < -0.39 is 0 Å². The van der Waals surface area contributed by atoms with Crippen LogP contribution >= 0.6 is 11.3 Å². The minimum Gasteiger partial charge on any atom is -0.296 e. The molecule has 114 valence electrons. The normalized spacial score (nSPS) is 11.5. The number of aliphatic imine (C=N–C) groups is 1. The van der Waals surface area contributed by atoms with Crippen LogP contribution in [0, 0.1) is 0 Å². The molecule has 0 aliphatic rings. The van der Waals surface area contributed by atoms with Crippen LogP contribution < -0.4 is 0 Å². The monoisotopic (exact) mass is 321 g/mol. The highest BCUT2D eigenvalue weighted by atomic mass is 32.1. The lowest BCUT2D eigenvalue weighted by molar-refractivity contribution is 0.0945. The number of carbonyl (C=O) groups is 1. The summed E-state index contributed by atoms with van der Waals surface area (Å²) < 4.78 is 1.36. The summed E-state index contributed by atoms with van der Waals surface area (Å²) in [5, 5.41) is 6.34. The molecule has 0 bridgehead atoms. The molecule has 0 radical (unpaired) electrons. The largest absolute Gasteiger partial charge is 0.296 e. The van der Waals surface area contributed by atoms with Gasteiger partial charge in [-0.05, 0) is 47.4 Å². The summed E-state index contributed by atoms with van der Waals surface area (Å²) in [6, 6.07) is 13.2. The molecule has 0 spiro atoms. The van der Waals surface area contributed by atoms with E-state index in [1.54, 1.807) is 42.9 Å². The molecule has 2 aromatic heterocycles. The second kappa shape index (κ2) is 6.98. The summed E-state index contributed by atoms with van der Waals surface area (Å²) in [5.74, 6) is -0.160. The second-order valence-corrected chi connectivity index (χ2v) is 5.83. The van der Waals surface area contributed by atoms with Crippen molar-refractivity contribution in [2.45, 2.75) is 0 Å². The van der Waals surface area contributed by atoms with Crippen LogP contribution in [0.15, 0.2) is 59.0 Å². The minimum atomic E-state index is -0.160. The molecule has 5 heteroatoms. The number of hydrogen-bond acceptors (Lipinski definition) is 4. The van der Waals surface area contributed by atoms with Crippen molar-refractivity contribution in [1.29, 1.82) is 0 Å². The molecule has 2 heterocycles. The van der Waals surface area contributed by atoms with E-state index >= 15 is 0 Å².